The van der Waals surface area contributed by atoms with Crippen molar-refractivity contribution in [1.82, 2.24) is 19.4 Å². The molecule has 212 valence electrons. The minimum absolute atomic E-state index is 0.0325. The lowest BCUT2D eigenvalue weighted by molar-refractivity contribution is -0.0592. The molecule has 0 amide bonds. The lowest BCUT2D eigenvalue weighted by Gasteiger charge is -2.32. The largest absolute Gasteiger partial charge is 0.494 e. The molecule has 10 heteroatoms. The first-order valence-electron chi connectivity index (χ1n) is 13.9. The molecule has 2 aliphatic rings. The zero-order chi connectivity index (χ0) is 28.3. The number of nitrogens with zero attached hydrogens (tertiary/aromatic N) is 5. The Morgan fingerprint density at radius 1 is 1.05 bits per heavy atom. The molecule has 0 bridgehead atoms. The highest BCUT2D eigenvalue weighted by Gasteiger charge is 2.27. The number of halogens is 2. The summed E-state index contributed by atoms with van der Waals surface area (Å²) in [6.07, 6.45) is 2.83. The Kier molecular flexibility index (Phi) is 7.81. The van der Waals surface area contributed by atoms with Crippen molar-refractivity contribution in [2.45, 2.75) is 51.0 Å². The lowest BCUT2D eigenvalue weighted by atomic mass is 9.93. The van der Waals surface area contributed by atoms with Crippen molar-refractivity contribution in [2.24, 2.45) is 0 Å². The van der Waals surface area contributed by atoms with Crippen molar-refractivity contribution in [2.75, 3.05) is 26.8 Å². The van der Waals surface area contributed by atoms with Gasteiger partial charge in [-0.2, -0.15) is 5.26 Å². The van der Waals surface area contributed by atoms with Gasteiger partial charge in [0.05, 0.1) is 37.9 Å². The minimum atomic E-state index is -0.470. The SMILES string of the molecule is COc1ccc(F)c2c1nc(CN1CCC(c3cccc(OCc4ccc(C#N)cc4F)n3)CC1)n2C[C@@H]1CCO1. The second kappa shape index (κ2) is 11.8. The summed E-state index contributed by atoms with van der Waals surface area (Å²) in [6.45, 7) is 3.62. The van der Waals surface area contributed by atoms with Crippen LogP contribution in [0.4, 0.5) is 8.78 Å². The molecule has 0 unspecified atom stereocenters. The second-order valence-corrected chi connectivity index (χ2v) is 10.5. The predicted octanol–water partition coefficient (Wildman–Crippen LogP) is 5.34. The smallest absolute Gasteiger partial charge is 0.213 e. The Morgan fingerprint density at radius 3 is 2.59 bits per heavy atom. The van der Waals surface area contributed by atoms with Crippen molar-refractivity contribution in [1.29, 1.82) is 5.26 Å². The number of likely N-dealkylation sites (tertiary alicyclic amines) is 1. The molecule has 1 atom stereocenters. The van der Waals surface area contributed by atoms with Crippen LogP contribution in [0.2, 0.25) is 0 Å². The van der Waals surface area contributed by atoms with Crippen LogP contribution < -0.4 is 9.47 Å². The lowest BCUT2D eigenvalue weighted by Crippen LogP contribution is -2.35. The maximum absolute atomic E-state index is 15.0. The summed E-state index contributed by atoms with van der Waals surface area (Å²) in [5.41, 5.74) is 2.60. The fourth-order valence-electron chi connectivity index (χ4n) is 5.55. The predicted molar refractivity (Wildman–Crippen MR) is 148 cm³/mol. The highest BCUT2D eigenvalue weighted by atomic mass is 19.1. The van der Waals surface area contributed by atoms with Crippen LogP contribution in [0.5, 0.6) is 11.6 Å². The molecule has 0 N–H and O–H groups in total. The molecule has 2 aromatic heterocycles. The monoisotopic (exact) mass is 559 g/mol. The molecule has 4 heterocycles. The molecular formula is C31H31F2N5O3. The molecule has 2 fully saturated rings. The van der Waals surface area contributed by atoms with Gasteiger partial charge >= 0.3 is 0 Å². The first kappa shape index (κ1) is 27.1. The van der Waals surface area contributed by atoms with Crippen molar-refractivity contribution in [3.8, 4) is 17.7 Å². The minimum Gasteiger partial charge on any atom is -0.494 e. The van der Waals surface area contributed by atoms with Crippen LogP contribution in [-0.2, 0) is 24.4 Å². The van der Waals surface area contributed by atoms with E-state index in [-0.39, 0.29) is 30.0 Å². The van der Waals surface area contributed by atoms with E-state index in [1.807, 2.05) is 22.8 Å². The normalized spacial score (nSPS) is 17.8. The quantitative estimate of drug-likeness (QED) is 0.274. The fourth-order valence-corrected chi connectivity index (χ4v) is 5.55. The maximum atomic E-state index is 15.0. The van der Waals surface area contributed by atoms with Gasteiger partial charge in [0.1, 0.15) is 40.8 Å². The van der Waals surface area contributed by atoms with Gasteiger partial charge in [-0.3, -0.25) is 4.90 Å². The van der Waals surface area contributed by atoms with Crippen molar-refractivity contribution < 1.29 is 23.0 Å². The molecule has 0 spiro atoms. The summed E-state index contributed by atoms with van der Waals surface area (Å²) in [4.78, 5) is 11.9. The Balaban J connectivity index is 1.11. The average Bonchev–Trinajstić information content (AvgIpc) is 3.33. The van der Waals surface area contributed by atoms with E-state index >= 15 is 0 Å². The van der Waals surface area contributed by atoms with Crippen LogP contribution >= 0.6 is 0 Å². The number of hydrogen-bond donors (Lipinski definition) is 0. The number of methoxy groups -OCH3 is 1. The molecule has 2 aromatic carbocycles. The van der Waals surface area contributed by atoms with Crippen LogP contribution in [0.25, 0.3) is 11.0 Å². The first-order valence-corrected chi connectivity index (χ1v) is 13.9. The zero-order valence-electron chi connectivity index (χ0n) is 22.9. The van der Waals surface area contributed by atoms with Gasteiger partial charge in [-0.25, -0.2) is 18.7 Å². The molecule has 41 heavy (non-hydrogen) atoms. The van der Waals surface area contributed by atoms with Gasteiger partial charge in [0.2, 0.25) is 5.88 Å². The van der Waals surface area contributed by atoms with Crippen LogP contribution in [0.15, 0.2) is 48.5 Å². The van der Waals surface area contributed by atoms with Gasteiger partial charge < -0.3 is 18.8 Å². The van der Waals surface area contributed by atoms with E-state index in [0.717, 1.165) is 50.5 Å². The topological polar surface area (TPSA) is 85.4 Å². The highest BCUT2D eigenvalue weighted by Crippen LogP contribution is 2.32. The Hall–Kier alpha value is -4.07. The third kappa shape index (κ3) is 5.73. The second-order valence-electron chi connectivity index (χ2n) is 10.5. The first-order chi connectivity index (χ1) is 20.0. The number of aromatic nitrogens is 3. The summed E-state index contributed by atoms with van der Waals surface area (Å²) < 4.78 is 48.1. The van der Waals surface area contributed by atoms with E-state index in [4.69, 9.17) is 29.4 Å². The Morgan fingerprint density at radius 2 is 1.88 bits per heavy atom. The van der Waals surface area contributed by atoms with Crippen molar-refractivity contribution in [3.63, 3.8) is 0 Å². The number of ether oxygens (including phenoxy) is 3. The van der Waals surface area contributed by atoms with E-state index in [9.17, 15) is 8.78 Å². The van der Waals surface area contributed by atoms with Gasteiger partial charge in [0.25, 0.3) is 0 Å². The van der Waals surface area contributed by atoms with Gasteiger partial charge in [-0.1, -0.05) is 12.1 Å². The molecule has 0 saturated carbocycles. The number of fused-ring (bicyclic) bond motifs is 1. The Labute approximate surface area is 237 Å². The fraction of sp³-hybridized carbons (Fsp3) is 0.387. The molecule has 4 aromatic rings. The maximum Gasteiger partial charge on any atom is 0.213 e. The van der Waals surface area contributed by atoms with Crippen molar-refractivity contribution in [3.05, 3.63) is 82.8 Å². The van der Waals surface area contributed by atoms with E-state index in [0.29, 0.717) is 41.3 Å². The molecule has 6 rings (SSSR count). The number of piperidine rings is 1. The van der Waals surface area contributed by atoms with E-state index in [2.05, 4.69) is 4.90 Å². The van der Waals surface area contributed by atoms with E-state index < -0.39 is 5.82 Å². The van der Waals surface area contributed by atoms with Gasteiger partial charge in [0, 0.05) is 29.8 Å². The standard InChI is InChI=1S/C31H31F2N5O3/c1-39-27-8-7-24(32)31-30(27)36-28(38(31)17-23-11-14-40-23)18-37-12-9-21(10-13-37)26-3-2-4-29(35-26)41-19-22-6-5-20(16-34)15-25(22)33/h2-8,15,21,23H,9-14,17-19H2,1H3/t23-/m0/s1. The number of pyridine rings is 1. The number of benzene rings is 2. The third-order valence-corrected chi connectivity index (χ3v) is 7.96. The number of imidazole rings is 1. The van der Waals surface area contributed by atoms with Crippen LogP contribution in [0, 0.1) is 23.0 Å². The molecule has 2 saturated heterocycles. The molecule has 0 aliphatic carbocycles. The molecular weight excluding hydrogens is 528 g/mol. The van der Waals surface area contributed by atoms with Gasteiger partial charge in [0.15, 0.2) is 0 Å². The third-order valence-electron chi connectivity index (χ3n) is 7.96. The number of rotatable bonds is 9. The van der Waals surface area contributed by atoms with Crippen LogP contribution in [0.3, 0.4) is 0 Å². The van der Waals surface area contributed by atoms with E-state index in [1.54, 1.807) is 31.4 Å². The summed E-state index contributed by atoms with van der Waals surface area (Å²) >= 11 is 0. The summed E-state index contributed by atoms with van der Waals surface area (Å²) in [7, 11) is 1.57. The molecule has 0 radical (unpaired) electrons. The van der Waals surface area contributed by atoms with Crippen LogP contribution in [-0.4, -0.2) is 52.3 Å². The summed E-state index contributed by atoms with van der Waals surface area (Å²) in [5.74, 6) is 1.29. The van der Waals surface area contributed by atoms with Crippen molar-refractivity contribution >= 4 is 11.0 Å². The Bertz CT molecular complexity index is 1590. The molecule has 2 aliphatic heterocycles. The average molecular weight is 560 g/mol. The molecule has 8 nitrogen and oxygen atoms in total. The zero-order valence-corrected chi connectivity index (χ0v) is 22.9. The summed E-state index contributed by atoms with van der Waals surface area (Å²) in [6, 6.07) is 15.0. The summed E-state index contributed by atoms with van der Waals surface area (Å²) in [5, 5.41) is 8.93. The number of hydrogen-bond acceptors (Lipinski definition) is 7. The number of nitriles is 1. The highest BCUT2D eigenvalue weighted by molar-refractivity contribution is 5.83. The van der Waals surface area contributed by atoms with Crippen LogP contribution in [0.1, 0.15) is 47.8 Å². The van der Waals surface area contributed by atoms with Gasteiger partial charge in [-0.05, 0) is 62.7 Å². The van der Waals surface area contributed by atoms with E-state index in [1.165, 1.54) is 12.1 Å². The van der Waals surface area contributed by atoms with Gasteiger partial charge in [-0.15, -0.1) is 0 Å².